The number of rotatable bonds is 8. The van der Waals surface area contributed by atoms with Crippen molar-refractivity contribution in [3.05, 3.63) is 88.9 Å². The summed E-state index contributed by atoms with van der Waals surface area (Å²) in [7, 11) is 0. The maximum atomic E-state index is 5.68. The lowest BCUT2D eigenvalue weighted by molar-refractivity contribution is 0.217. The van der Waals surface area contributed by atoms with E-state index < -0.39 is 0 Å². The Morgan fingerprint density at radius 3 is 2.04 bits per heavy atom. The SMILES string of the molecule is Brc1ccc(NN=Cc2ccc(OCCOc3ccccc3)cc2)cc1. The highest BCUT2D eigenvalue weighted by atomic mass is 79.9. The Labute approximate surface area is 161 Å². The predicted molar refractivity (Wildman–Crippen MR) is 109 cm³/mol. The standard InChI is InChI=1S/C21H19BrN2O2/c22-18-8-10-19(11-9-18)24-23-16-17-6-12-21(13-7-17)26-15-14-25-20-4-2-1-3-5-20/h1-13,16,24H,14-15H2. The number of anilines is 1. The molecule has 0 aliphatic heterocycles. The summed E-state index contributed by atoms with van der Waals surface area (Å²) in [6.45, 7) is 0.998. The first kappa shape index (κ1) is 18.0. The van der Waals surface area contributed by atoms with Crippen LogP contribution in [0.1, 0.15) is 5.56 Å². The molecule has 0 saturated heterocycles. The predicted octanol–water partition coefficient (Wildman–Crippen LogP) is 5.35. The molecule has 0 aromatic heterocycles. The lowest BCUT2D eigenvalue weighted by Crippen LogP contribution is -2.08. The van der Waals surface area contributed by atoms with Gasteiger partial charge in [0.15, 0.2) is 0 Å². The van der Waals surface area contributed by atoms with Crippen LogP contribution in [-0.4, -0.2) is 19.4 Å². The lowest BCUT2D eigenvalue weighted by atomic mass is 10.2. The quantitative estimate of drug-likeness (QED) is 0.309. The van der Waals surface area contributed by atoms with E-state index in [-0.39, 0.29) is 0 Å². The van der Waals surface area contributed by atoms with Crippen LogP contribution in [0, 0.1) is 0 Å². The van der Waals surface area contributed by atoms with Gasteiger partial charge in [-0.25, -0.2) is 0 Å². The molecule has 1 N–H and O–H groups in total. The van der Waals surface area contributed by atoms with Crippen molar-refractivity contribution < 1.29 is 9.47 Å². The van der Waals surface area contributed by atoms with E-state index in [9.17, 15) is 0 Å². The molecule has 0 atom stereocenters. The second-order valence-corrected chi connectivity index (χ2v) is 6.37. The van der Waals surface area contributed by atoms with Gasteiger partial charge in [0.05, 0.1) is 11.9 Å². The molecule has 4 nitrogen and oxygen atoms in total. The van der Waals surface area contributed by atoms with Crippen LogP contribution in [0.2, 0.25) is 0 Å². The highest BCUT2D eigenvalue weighted by Gasteiger charge is 1.96. The molecule has 3 aromatic rings. The second kappa shape index (κ2) is 9.63. The largest absolute Gasteiger partial charge is 0.490 e. The van der Waals surface area contributed by atoms with Crippen LogP contribution >= 0.6 is 15.9 Å². The summed E-state index contributed by atoms with van der Waals surface area (Å²) in [6.07, 6.45) is 1.77. The summed E-state index contributed by atoms with van der Waals surface area (Å²) >= 11 is 3.41. The number of hydrazone groups is 1. The van der Waals surface area contributed by atoms with Crippen molar-refractivity contribution in [1.82, 2.24) is 0 Å². The van der Waals surface area contributed by atoms with Crippen molar-refractivity contribution >= 4 is 27.8 Å². The Morgan fingerprint density at radius 2 is 1.38 bits per heavy atom. The maximum absolute atomic E-state index is 5.68. The van der Waals surface area contributed by atoms with Crippen LogP contribution in [0.3, 0.4) is 0 Å². The molecule has 0 radical (unpaired) electrons. The number of nitrogens with zero attached hydrogens (tertiary/aromatic N) is 1. The Bertz CT molecular complexity index is 819. The number of para-hydroxylation sites is 1. The number of hydrogen-bond donors (Lipinski definition) is 1. The topological polar surface area (TPSA) is 42.9 Å². The molecule has 0 heterocycles. The molecule has 0 saturated carbocycles. The van der Waals surface area contributed by atoms with Crippen LogP contribution < -0.4 is 14.9 Å². The molecule has 5 heteroatoms. The maximum Gasteiger partial charge on any atom is 0.122 e. The molecule has 0 bridgehead atoms. The summed E-state index contributed by atoms with van der Waals surface area (Å²) < 4.78 is 12.3. The van der Waals surface area contributed by atoms with Gasteiger partial charge in [-0.15, -0.1) is 0 Å². The number of ether oxygens (including phenoxy) is 2. The Balaban J connectivity index is 1.41. The van der Waals surface area contributed by atoms with Crippen LogP contribution in [0.15, 0.2) is 88.4 Å². The molecule has 0 unspecified atom stereocenters. The van der Waals surface area contributed by atoms with E-state index in [0.717, 1.165) is 27.2 Å². The van der Waals surface area contributed by atoms with Gasteiger partial charge in [-0.3, -0.25) is 5.43 Å². The van der Waals surface area contributed by atoms with Gasteiger partial charge in [0, 0.05) is 4.47 Å². The summed E-state index contributed by atoms with van der Waals surface area (Å²) in [5, 5.41) is 4.23. The lowest BCUT2D eigenvalue weighted by Gasteiger charge is -2.08. The van der Waals surface area contributed by atoms with Gasteiger partial charge in [0.25, 0.3) is 0 Å². The summed E-state index contributed by atoms with van der Waals surface area (Å²) in [6, 6.07) is 25.3. The fourth-order valence-corrected chi connectivity index (χ4v) is 2.46. The first-order valence-electron chi connectivity index (χ1n) is 8.25. The molecule has 0 aliphatic rings. The minimum atomic E-state index is 0.494. The highest BCUT2D eigenvalue weighted by molar-refractivity contribution is 9.10. The Morgan fingerprint density at radius 1 is 0.769 bits per heavy atom. The average Bonchev–Trinajstić information content (AvgIpc) is 2.69. The van der Waals surface area contributed by atoms with E-state index in [1.165, 1.54) is 0 Å². The van der Waals surface area contributed by atoms with E-state index in [4.69, 9.17) is 9.47 Å². The van der Waals surface area contributed by atoms with E-state index in [2.05, 4.69) is 26.5 Å². The third kappa shape index (κ3) is 5.93. The van der Waals surface area contributed by atoms with E-state index in [0.29, 0.717) is 13.2 Å². The van der Waals surface area contributed by atoms with Crippen LogP contribution in [0.4, 0.5) is 5.69 Å². The van der Waals surface area contributed by atoms with E-state index >= 15 is 0 Å². The minimum absolute atomic E-state index is 0.494. The van der Waals surface area contributed by atoms with Crippen molar-refractivity contribution in [3.8, 4) is 11.5 Å². The first-order chi connectivity index (χ1) is 12.8. The normalized spacial score (nSPS) is 10.7. The number of benzene rings is 3. The molecule has 0 aliphatic carbocycles. The fourth-order valence-electron chi connectivity index (χ4n) is 2.19. The fraction of sp³-hybridized carbons (Fsp3) is 0.0952. The van der Waals surface area contributed by atoms with Crippen molar-refractivity contribution in [3.63, 3.8) is 0 Å². The van der Waals surface area contributed by atoms with Crippen LogP contribution in [0.5, 0.6) is 11.5 Å². The summed E-state index contributed by atoms with van der Waals surface area (Å²) in [4.78, 5) is 0. The monoisotopic (exact) mass is 410 g/mol. The molecule has 3 rings (SSSR count). The second-order valence-electron chi connectivity index (χ2n) is 5.46. The van der Waals surface area contributed by atoms with Crippen molar-refractivity contribution in [2.45, 2.75) is 0 Å². The molecule has 26 heavy (non-hydrogen) atoms. The molecular weight excluding hydrogens is 392 g/mol. The Kier molecular flexibility index (Phi) is 6.67. The molecule has 132 valence electrons. The third-order valence-corrected chi connectivity index (χ3v) is 4.02. The molecule has 3 aromatic carbocycles. The van der Waals surface area contributed by atoms with Gasteiger partial charge in [0.1, 0.15) is 24.7 Å². The number of hydrogen-bond acceptors (Lipinski definition) is 4. The van der Waals surface area contributed by atoms with Crippen molar-refractivity contribution in [1.29, 1.82) is 0 Å². The van der Waals surface area contributed by atoms with Crippen molar-refractivity contribution in [2.24, 2.45) is 5.10 Å². The summed E-state index contributed by atoms with van der Waals surface area (Å²) in [5.74, 6) is 1.65. The third-order valence-electron chi connectivity index (χ3n) is 3.50. The van der Waals surface area contributed by atoms with Gasteiger partial charge in [-0.05, 0) is 66.2 Å². The smallest absolute Gasteiger partial charge is 0.122 e. The molecular formula is C21H19BrN2O2. The average molecular weight is 411 g/mol. The molecule has 0 spiro atoms. The Hall–Kier alpha value is -2.79. The molecule has 0 amide bonds. The van der Waals surface area contributed by atoms with Crippen LogP contribution in [-0.2, 0) is 0 Å². The first-order valence-corrected chi connectivity index (χ1v) is 9.04. The van der Waals surface area contributed by atoms with Gasteiger partial charge in [-0.1, -0.05) is 34.1 Å². The minimum Gasteiger partial charge on any atom is -0.490 e. The van der Waals surface area contributed by atoms with Gasteiger partial charge in [0.2, 0.25) is 0 Å². The van der Waals surface area contributed by atoms with Crippen LogP contribution in [0.25, 0.3) is 0 Å². The van der Waals surface area contributed by atoms with E-state index in [1.807, 2.05) is 78.9 Å². The highest BCUT2D eigenvalue weighted by Crippen LogP contribution is 2.14. The number of halogens is 1. The zero-order chi connectivity index (χ0) is 18.0. The zero-order valence-corrected chi connectivity index (χ0v) is 15.7. The van der Waals surface area contributed by atoms with E-state index in [1.54, 1.807) is 6.21 Å². The van der Waals surface area contributed by atoms with Gasteiger partial charge >= 0.3 is 0 Å². The van der Waals surface area contributed by atoms with Gasteiger partial charge in [-0.2, -0.15) is 5.10 Å². The molecule has 0 fully saturated rings. The number of nitrogens with one attached hydrogen (secondary N) is 1. The summed E-state index contributed by atoms with van der Waals surface area (Å²) in [5.41, 5.74) is 4.91. The zero-order valence-electron chi connectivity index (χ0n) is 14.1. The van der Waals surface area contributed by atoms with Gasteiger partial charge < -0.3 is 9.47 Å². The van der Waals surface area contributed by atoms with Crippen molar-refractivity contribution in [2.75, 3.05) is 18.6 Å².